The quantitative estimate of drug-likeness (QED) is 0.200. The molecule has 31 heavy (non-hydrogen) atoms. The number of methoxy groups -OCH3 is 1. The lowest BCUT2D eigenvalue weighted by molar-refractivity contribution is 0.0600. The van der Waals surface area contributed by atoms with Gasteiger partial charge < -0.3 is 9.16 Å². The fourth-order valence-electron chi connectivity index (χ4n) is 2.56. The topological polar surface area (TPSA) is 65.0 Å². The van der Waals surface area contributed by atoms with Crippen LogP contribution in [0.3, 0.4) is 0 Å². The lowest BCUT2D eigenvalue weighted by atomic mass is 10.1. The molecule has 0 aliphatic carbocycles. The van der Waals surface area contributed by atoms with Gasteiger partial charge in [-0.05, 0) is 60.4 Å². The predicted octanol–water partition coefficient (Wildman–Crippen LogP) is 5.40. The Balaban J connectivity index is 2.12. The van der Waals surface area contributed by atoms with Crippen LogP contribution in [0.2, 0.25) is 18.1 Å². The molecule has 0 aliphatic heterocycles. The average Bonchev–Trinajstić information content (AvgIpc) is 2.72. The predicted molar refractivity (Wildman–Crippen MR) is 125 cm³/mol. The number of hydrogen-bond acceptors (Lipinski definition) is 5. The van der Waals surface area contributed by atoms with Gasteiger partial charge in [-0.1, -0.05) is 44.7 Å². The summed E-state index contributed by atoms with van der Waals surface area (Å²) < 4.78 is 11.0. The van der Waals surface area contributed by atoms with Crippen LogP contribution >= 0.6 is 0 Å². The van der Waals surface area contributed by atoms with Crippen LogP contribution in [-0.4, -0.2) is 34.1 Å². The summed E-state index contributed by atoms with van der Waals surface area (Å²) in [6.45, 7) is 11.9. The van der Waals surface area contributed by atoms with Crippen molar-refractivity contribution in [1.82, 2.24) is 0 Å². The van der Waals surface area contributed by atoms with Crippen molar-refractivity contribution in [2.75, 3.05) is 13.7 Å². The fourth-order valence-corrected chi connectivity index (χ4v) is 3.61. The van der Waals surface area contributed by atoms with Crippen molar-refractivity contribution in [2.24, 2.45) is 4.99 Å². The maximum Gasteiger partial charge on any atom is 0.337 e. The molecule has 6 heteroatoms. The molecule has 2 aromatic rings. The van der Waals surface area contributed by atoms with Gasteiger partial charge in [0.1, 0.15) is 0 Å². The zero-order valence-corrected chi connectivity index (χ0v) is 20.0. The first-order chi connectivity index (χ1) is 14.6. The van der Waals surface area contributed by atoms with Gasteiger partial charge in [-0.2, -0.15) is 4.99 Å². The molecular formula is C25H29NO4Si. The maximum atomic E-state index is 11.8. The Kier molecular flexibility index (Phi) is 8.12. The number of aliphatic imine (C=N–C) groups is 1. The van der Waals surface area contributed by atoms with Gasteiger partial charge >= 0.3 is 5.97 Å². The van der Waals surface area contributed by atoms with Gasteiger partial charge in [0.05, 0.1) is 23.9 Å². The van der Waals surface area contributed by atoms with Crippen molar-refractivity contribution in [3.63, 3.8) is 0 Å². The number of carbonyl (C=O) groups excluding carboxylic acids is 2. The minimum Gasteiger partial charge on any atom is -0.465 e. The molecule has 0 saturated carbocycles. The highest BCUT2D eigenvalue weighted by molar-refractivity contribution is 6.74. The van der Waals surface area contributed by atoms with Crippen molar-refractivity contribution in [3.05, 3.63) is 64.7 Å². The second kappa shape index (κ2) is 10.4. The number of esters is 1. The molecule has 0 fully saturated rings. The minimum absolute atomic E-state index is 0.199. The Morgan fingerprint density at radius 2 is 1.74 bits per heavy atom. The molecule has 2 rings (SSSR count). The van der Waals surface area contributed by atoms with Crippen LogP contribution in [0.4, 0.5) is 5.69 Å². The molecule has 0 bridgehead atoms. The molecule has 2 aromatic carbocycles. The summed E-state index contributed by atoms with van der Waals surface area (Å²) >= 11 is 0. The van der Waals surface area contributed by atoms with E-state index in [-0.39, 0.29) is 5.04 Å². The van der Waals surface area contributed by atoms with Gasteiger partial charge in [0.2, 0.25) is 6.08 Å². The monoisotopic (exact) mass is 435 g/mol. The standard InChI is InChI=1S/C25H29NO4Si/c1-25(2,3)31(5,6)30-16-15-20-9-7-19(8-10-20)11-12-21-17-22(24(28)29-4)13-14-23(21)26-18-27/h7-10,13-14,17H,15-16H2,1-6H3. The van der Waals surface area contributed by atoms with Gasteiger partial charge in [-0.3, -0.25) is 0 Å². The lowest BCUT2D eigenvalue weighted by Crippen LogP contribution is -2.41. The first kappa shape index (κ1) is 24.3. The first-order valence-electron chi connectivity index (χ1n) is 10.1. The highest BCUT2D eigenvalue weighted by atomic mass is 28.4. The van der Waals surface area contributed by atoms with Crippen LogP contribution in [0.15, 0.2) is 47.5 Å². The lowest BCUT2D eigenvalue weighted by Gasteiger charge is -2.36. The van der Waals surface area contributed by atoms with E-state index in [1.807, 2.05) is 24.3 Å². The molecule has 0 atom stereocenters. The Hall–Kier alpha value is -2.97. The SMILES string of the molecule is COC(=O)c1ccc(N=C=O)c(C#Cc2ccc(CCO[Si](C)(C)C(C)(C)C)cc2)c1. The summed E-state index contributed by atoms with van der Waals surface area (Å²) in [6.07, 6.45) is 2.36. The van der Waals surface area contributed by atoms with E-state index in [4.69, 9.17) is 9.16 Å². The van der Waals surface area contributed by atoms with E-state index in [0.717, 1.165) is 12.0 Å². The summed E-state index contributed by atoms with van der Waals surface area (Å²) in [5, 5.41) is 0.199. The van der Waals surface area contributed by atoms with Crippen molar-refractivity contribution in [1.29, 1.82) is 0 Å². The number of carbonyl (C=O) groups is 1. The van der Waals surface area contributed by atoms with E-state index in [1.54, 1.807) is 12.1 Å². The smallest absolute Gasteiger partial charge is 0.337 e. The summed E-state index contributed by atoms with van der Waals surface area (Å²) in [4.78, 5) is 26.1. The van der Waals surface area contributed by atoms with Crippen molar-refractivity contribution in [2.45, 2.75) is 45.3 Å². The molecule has 0 radical (unpaired) electrons. The van der Waals surface area contributed by atoms with Crippen LogP contribution in [0.1, 0.15) is 47.8 Å². The van der Waals surface area contributed by atoms with Crippen LogP contribution in [0.5, 0.6) is 0 Å². The Morgan fingerprint density at radius 3 is 2.32 bits per heavy atom. The molecular weight excluding hydrogens is 406 g/mol. The minimum atomic E-state index is -1.74. The average molecular weight is 436 g/mol. The van der Waals surface area contributed by atoms with E-state index in [9.17, 15) is 9.59 Å². The number of benzene rings is 2. The highest BCUT2D eigenvalue weighted by Gasteiger charge is 2.36. The second-order valence-electron chi connectivity index (χ2n) is 8.73. The van der Waals surface area contributed by atoms with Crippen molar-refractivity contribution < 1.29 is 18.8 Å². The second-order valence-corrected chi connectivity index (χ2v) is 13.5. The Bertz CT molecular complexity index is 1030. The number of rotatable bonds is 6. The Morgan fingerprint density at radius 1 is 1.06 bits per heavy atom. The normalized spacial score (nSPS) is 11.2. The van der Waals surface area contributed by atoms with E-state index >= 15 is 0 Å². The maximum absolute atomic E-state index is 11.8. The number of hydrogen-bond donors (Lipinski definition) is 0. The van der Waals surface area contributed by atoms with Crippen molar-refractivity contribution in [3.8, 4) is 11.8 Å². The molecule has 162 valence electrons. The molecule has 0 unspecified atom stereocenters. The molecule has 0 N–H and O–H groups in total. The van der Waals surface area contributed by atoms with Gasteiger partial charge in [0, 0.05) is 12.2 Å². The first-order valence-corrected chi connectivity index (χ1v) is 13.0. The van der Waals surface area contributed by atoms with Gasteiger partial charge in [0.15, 0.2) is 8.32 Å². The zero-order chi connectivity index (χ0) is 23.1. The third kappa shape index (κ3) is 6.76. The van der Waals surface area contributed by atoms with Crippen LogP contribution in [0.25, 0.3) is 0 Å². The van der Waals surface area contributed by atoms with Crippen LogP contribution in [0, 0.1) is 11.8 Å². The number of nitrogens with zero attached hydrogens (tertiary/aromatic N) is 1. The third-order valence-electron chi connectivity index (χ3n) is 5.54. The molecule has 0 aliphatic rings. The summed E-state index contributed by atoms with van der Waals surface area (Å²) in [7, 11) is -0.430. The zero-order valence-electron chi connectivity index (χ0n) is 19.0. The Labute approximate surface area is 185 Å². The largest absolute Gasteiger partial charge is 0.465 e. The van der Waals surface area contributed by atoms with E-state index in [0.29, 0.717) is 23.4 Å². The summed E-state index contributed by atoms with van der Waals surface area (Å²) in [6, 6.07) is 12.6. The van der Waals surface area contributed by atoms with E-state index in [2.05, 4.69) is 50.7 Å². The molecule has 0 saturated heterocycles. The van der Waals surface area contributed by atoms with Crippen molar-refractivity contribution >= 4 is 26.1 Å². The summed E-state index contributed by atoms with van der Waals surface area (Å²) in [5.41, 5.74) is 3.16. The number of ether oxygens (including phenoxy) is 1. The highest BCUT2D eigenvalue weighted by Crippen LogP contribution is 2.36. The third-order valence-corrected chi connectivity index (χ3v) is 10.1. The number of isocyanates is 1. The van der Waals surface area contributed by atoms with E-state index < -0.39 is 14.3 Å². The molecule has 0 spiro atoms. The van der Waals surface area contributed by atoms with Crippen LogP contribution < -0.4 is 0 Å². The molecule has 0 amide bonds. The van der Waals surface area contributed by atoms with Gasteiger partial charge in [-0.15, -0.1) is 0 Å². The van der Waals surface area contributed by atoms with Crippen LogP contribution in [-0.2, 0) is 20.4 Å². The van der Waals surface area contributed by atoms with Gasteiger partial charge in [-0.25, -0.2) is 9.59 Å². The molecule has 5 nitrogen and oxygen atoms in total. The molecule has 0 aromatic heterocycles. The summed E-state index contributed by atoms with van der Waals surface area (Å²) in [5.74, 6) is 5.56. The van der Waals surface area contributed by atoms with E-state index in [1.165, 1.54) is 24.8 Å². The fraction of sp³-hybridized carbons (Fsp3) is 0.360. The van der Waals surface area contributed by atoms with Gasteiger partial charge in [0.25, 0.3) is 0 Å². The molecule has 0 heterocycles.